The van der Waals surface area contributed by atoms with Crippen molar-refractivity contribution in [3.05, 3.63) is 24.0 Å². The smallest absolute Gasteiger partial charge is 0.164 e. The predicted molar refractivity (Wildman–Crippen MR) is 79.9 cm³/mol. The lowest BCUT2D eigenvalue weighted by Crippen LogP contribution is -2.47. The van der Waals surface area contributed by atoms with E-state index in [1.165, 1.54) is 6.26 Å². The lowest BCUT2D eigenvalue weighted by Gasteiger charge is -2.33. The first-order valence-electron chi connectivity index (χ1n) is 6.18. The molecule has 2 N–H and O–H groups in total. The normalized spacial score (nSPS) is 21.4. The van der Waals surface area contributed by atoms with Crippen molar-refractivity contribution in [2.24, 2.45) is 0 Å². The van der Waals surface area contributed by atoms with Gasteiger partial charge in [-0.05, 0) is 12.1 Å². The number of hydrogen-bond donors (Lipinski definition) is 1. The maximum Gasteiger partial charge on any atom is 0.164 e. The monoisotopic (exact) mass is 301 g/mol. The van der Waals surface area contributed by atoms with Gasteiger partial charge in [-0.25, -0.2) is 8.42 Å². The van der Waals surface area contributed by atoms with Crippen LogP contribution in [-0.2, 0) is 16.3 Å². The fraction of sp³-hybridized carbons (Fsp3) is 0.583. The Labute approximate surface area is 118 Å². The molecule has 0 amide bonds. The van der Waals surface area contributed by atoms with E-state index in [0.717, 1.165) is 31.0 Å². The largest absolute Gasteiger partial charge is 0.397 e. The molecule has 1 aliphatic heterocycles. The van der Waals surface area contributed by atoms with Gasteiger partial charge in [0.25, 0.3) is 0 Å². The molecule has 0 saturated carbocycles. The number of anilines is 1. The number of pyridine rings is 1. The Kier molecular flexibility index (Phi) is 4.70. The summed E-state index contributed by atoms with van der Waals surface area (Å²) in [6.07, 6.45) is 3.70. The summed E-state index contributed by atoms with van der Waals surface area (Å²) >= 11 is 1.70. The highest BCUT2D eigenvalue weighted by Crippen LogP contribution is 2.20. The Morgan fingerprint density at radius 2 is 2.32 bits per heavy atom. The van der Waals surface area contributed by atoms with Crippen molar-refractivity contribution in [1.29, 1.82) is 0 Å². The van der Waals surface area contributed by atoms with Crippen LogP contribution < -0.4 is 5.73 Å². The molecule has 106 valence electrons. The van der Waals surface area contributed by atoms with Crippen molar-refractivity contribution < 1.29 is 8.42 Å². The van der Waals surface area contributed by atoms with Crippen LogP contribution >= 0.6 is 11.8 Å². The van der Waals surface area contributed by atoms with Gasteiger partial charge in [0.2, 0.25) is 0 Å². The van der Waals surface area contributed by atoms with Crippen LogP contribution in [0.15, 0.2) is 18.3 Å². The Bertz CT molecular complexity index is 516. The van der Waals surface area contributed by atoms with E-state index in [0.29, 0.717) is 11.4 Å². The molecule has 1 unspecified atom stereocenters. The molecule has 19 heavy (non-hydrogen) atoms. The molecule has 0 aliphatic carbocycles. The highest BCUT2D eigenvalue weighted by Gasteiger charge is 2.30. The van der Waals surface area contributed by atoms with Gasteiger partial charge in [0.15, 0.2) is 9.84 Å². The van der Waals surface area contributed by atoms with E-state index in [2.05, 4.69) is 4.98 Å². The maximum absolute atomic E-state index is 11.8. The van der Waals surface area contributed by atoms with Gasteiger partial charge in [0.1, 0.15) is 5.37 Å². The first-order valence-corrected chi connectivity index (χ1v) is 9.29. The van der Waals surface area contributed by atoms with Crippen LogP contribution in [0.3, 0.4) is 0 Å². The molecule has 7 heteroatoms. The summed E-state index contributed by atoms with van der Waals surface area (Å²) in [5, 5.41) is -0.361. The fourth-order valence-electron chi connectivity index (χ4n) is 2.11. The molecular weight excluding hydrogens is 282 g/mol. The van der Waals surface area contributed by atoms with E-state index in [-0.39, 0.29) is 5.37 Å². The number of hydrogen-bond acceptors (Lipinski definition) is 6. The highest BCUT2D eigenvalue weighted by molar-refractivity contribution is 8.00. The quantitative estimate of drug-likeness (QED) is 0.879. The number of nitrogens with zero attached hydrogens (tertiary/aromatic N) is 2. The zero-order chi connectivity index (χ0) is 13.9. The minimum Gasteiger partial charge on any atom is -0.397 e. The third-order valence-corrected chi connectivity index (χ3v) is 5.87. The average Bonchev–Trinajstić information content (AvgIpc) is 2.37. The molecule has 1 atom stereocenters. The molecule has 0 radical (unpaired) electrons. The van der Waals surface area contributed by atoms with E-state index in [4.69, 9.17) is 5.73 Å². The van der Waals surface area contributed by atoms with Crippen LogP contribution in [0.25, 0.3) is 0 Å². The van der Waals surface area contributed by atoms with Gasteiger partial charge in [-0.3, -0.25) is 9.88 Å². The van der Waals surface area contributed by atoms with Gasteiger partial charge < -0.3 is 5.73 Å². The summed E-state index contributed by atoms with van der Waals surface area (Å²) in [6.45, 7) is 1.53. The molecule has 1 fully saturated rings. The van der Waals surface area contributed by atoms with Crippen molar-refractivity contribution >= 4 is 27.3 Å². The predicted octanol–water partition coefficient (Wildman–Crippen LogP) is 0.626. The first-order chi connectivity index (χ1) is 8.97. The summed E-state index contributed by atoms with van der Waals surface area (Å²) in [5.41, 5.74) is 7.18. The van der Waals surface area contributed by atoms with Gasteiger partial charge in [-0.2, -0.15) is 11.8 Å². The second-order valence-corrected chi connectivity index (χ2v) is 8.08. The fourth-order valence-corrected chi connectivity index (χ4v) is 5.08. The molecule has 2 heterocycles. The Morgan fingerprint density at radius 3 is 2.95 bits per heavy atom. The van der Waals surface area contributed by atoms with Crippen molar-refractivity contribution in [2.45, 2.75) is 11.8 Å². The number of nitrogen functional groups attached to an aromatic ring is 1. The number of nitrogens with two attached hydrogens (primary N) is 1. The third kappa shape index (κ3) is 4.09. The third-order valence-electron chi connectivity index (χ3n) is 3.19. The van der Waals surface area contributed by atoms with Gasteiger partial charge in [0.05, 0.1) is 11.9 Å². The minimum atomic E-state index is -3.02. The Hall–Kier alpha value is -0.790. The van der Waals surface area contributed by atoms with Crippen LogP contribution in [0.1, 0.15) is 5.69 Å². The van der Waals surface area contributed by atoms with E-state index < -0.39 is 9.84 Å². The molecule has 1 aromatic rings. The first kappa shape index (κ1) is 14.6. The van der Waals surface area contributed by atoms with E-state index in [9.17, 15) is 8.42 Å². The summed E-state index contributed by atoms with van der Waals surface area (Å²) in [5.74, 6) is 1.65. The summed E-state index contributed by atoms with van der Waals surface area (Å²) < 4.78 is 23.5. The van der Waals surface area contributed by atoms with Gasteiger partial charge in [0, 0.05) is 43.0 Å². The van der Waals surface area contributed by atoms with Crippen LogP contribution in [0.5, 0.6) is 0 Å². The van der Waals surface area contributed by atoms with Crippen LogP contribution in [0.2, 0.25) is 0 Å². The maximum atomic E-state index is 11.8. The number of thioether (sulfide) groups is 1. The van der Waals surface area contributed by atoms with E-state index in [1.54, 1.807) is 18.0 Å². The average molecular weight is 301 g/mol. The Morgan fingerprint density at radius 1 is 1.53 bits per heavy atom. The molecule has 0 spiro atoms. The molecule has 0 bridgehead atoms. The minimum absolute atomic E-state index is 0.361. The van der Waals surface area contributed by atoms with Crippen molar-refractivity contribution in [3.63, 3.8) is 0 Å². The molecule has 2 rings (SSSR count). The van der Waals surface area contributed by atoms with Crippen molar-refractivity contribution in [1.82, 2.24) is 9.88 Å². The number of aromatic nitrogens is 1. The van der Waals surface area contributed by atoms with Crippen LogP contribution in [-0.4, -0.2) is 54.5 Å². The van der Waals surface area contributed by atoms with Gasteiger partial charge in [-0.15, -0.1) is 0 Å². The molecule has 1 aromatic heterocycles. The van der Waals surface area contributed by atoms with E-state index in [1.807, 2.05) is 17.0 Å². The van der Waals surface area contributed by atoms with Gasteiger partial charge >= 0.3 is 0 Å². The molecule has 0 aromatic carbocycles. The second-order valence-electron chi connectivity index (χ2n) is 4.73. The SMILES string of the molecule is CS(=O)(=O)C1CSCCN1CCc1ccc(N)cn1. The number of sulfone groups is 1. The lowest BCUT2D eigenvalue weighted by atomic mass is 10.2. The highest BCUT2D eigenvalue weighted by atomic mass is 32.2. The zero-order valence-corrected chi connectivity index (χ0v) is 12.6. The van der Waals surface area contributed by atoms with Crippen LogP contribution in [0, 0.1) is 0 Å². The van der Waals surface area contributed by atoms with Crippen molar-refractivity contribution in [2.75, 3.05) is 36.6 Å². The molecular formula is C12H19N3O2S2. The number of rotatable bonds is 4. The lowest BCUT2D eigenvalue weighted by molar-refractivity contribution is 0.273. The summed E-state index contributed by atoms with van der Waals surface area (Å²) in [4.78, 5) is 6.29. The van der Waals surface area contributed by atoms with Gasteiger partial charge in [-0.1, -0.05) is 0 Å². The zero-order valence-electron chi connectivity index (χ0n) is 10.9. The molecule has 1 aliphatic rings. The standard InChI is InChI=1S/C12H19N3O2S2/c1-19(16,17)12-9-18-7-6-15(12)5-4-11-3-2-10(13)8-14-11/h2-3,8,12H,4-7,9,13H2,1H3. The summed E-state index contributed by atoms with van der Waals surface area (Å²) in [6, 6.07) is 3.71. The second kappa shape index (κ2) is 6.11. The van der Waals surface area contributed by atoms with Crippen molar-refractivity contribution in [3.8, 4) is 0 Å². The topological polar surface area (TPSA) is 76.3 Å². The Balaban J connectivity index is 1.98. The van der Waals surface area contributed by atoms with E-state index >= 15 is 0 Å². The summed E-state index contributed by atoms with van der Waals surface area (Å²) in [7, 11) is -3.02. The molecule has 1 saturated heterocycles. The van der Waals surface area contributed by atoms with Crippen LogP contribution in [0.4, 0.5) is 5.69 Å². The molecule has 5 nitrogen and oxygen atoms in total.